The molecule has 1 fully saturated rings. The number of rotatable bonds is 4. The molecule has 1 saturated heterocycles. The zero-order chi connectivity index (χ0) is 17.8. The molecular weight excluding hydrogens is 336 g/mol. The van der Waals surface area contributed by atoms with Crippen molar-refractivity contribution in [2.24, 2.45) is 0 Å². The molecule has 3 rings (SSSR count). The van der Waals surface area contributed by atoms with Crippen LogP contribution in [0.5, 0.6) is 0 Å². The van der Waals surface area contributed by atoms with E-state index >= 15 is 0 Å². The number of benzene rings is 1. The van der Waals surface area contributed by atoms with Crippen LogP contribution in [-0.2, 0) is 20.7 Å². The third-order valence-corrected chi connectivity index (χ3v) is 5.82. The van der Waals surface area contributed by atoms with E-state index in [2.05, 4.69) is 37.0 Å². The summed E-state index contributed by atoms with van der Waals surface area (Å²) in [5, 5.41) is 2.70. The summed E-state index contributed by atoms with van der Waals surface area (Å²) in [6.45, 7) is 7.75. The number of thioether (sulfide) groups is 1. The average molecular weight is 360 g/mol. The Balaban J connectivity index is 1.61. The van der Waals surface area contributed by atoms with Crippen LogP contribution in [0, 0.1) is 6.92 Å². The lowest BCUT2D eigenvalue weighted by Gasteiger charge is -2.26. The number of aryl methyl sites for hydroxylation is 1. The third kappa shape index (κ3) is 4.44. The Bertz CT molecular complexity index is 677. The second kappa shape index (κ2) is 8.06. The molecule has 1 N–H and O–H groups in total. The van der Waals surface area contributed by atoms with Crippen LogP contribution < -0.4 is 5.32 Å². The minimum atomic E-state index is -0.220. The fourth-order valence-electron chi connectivity index (χ4n) is 3.22. The fourth-order valence-corrected chi connectivity index (χ4v) is 4.48. The first kappa shape index (κ1) is 18.0. The fraction of sp³-hybridized carbons (Fsp3) is 0.474. The summed E-state index contributed by atoms with van der Waals surface area (Å²) in [6, 6.07) is 6.38. The molecule has 1 aromatic rings. The summed E-state index contributed by atoms with van der Waals surface area (Å²) in [7, 11) is 0. The number of nitrogens with zero attached hydrogens (tertiary/aromatic N) is 1. The highest BCUT2D eigenvalue weighted by molar-refractivity contribution is 8.01. The third-order valence-electron chi connectivity index (χ3n) is 4.52. The predicted molar refractivity (Wildman–Crippen MR) is 98.7 cm³/mol. The number of fused-ring (bicyclic) bond motifs is 1. The number of amides is 2. The van der Waals surface area contributed by atoms with E-state index in [1.165, 1.54) is 22.1 Å². The normalized spacial score (nSPS) is 22.8. The molecule has 6 heteroatoms. The summed E-state index contributed by atoms with van der Waals surface area (Å²) in [6.07, 6.45) is 2.68. The highest BCUT2D eigenvalue weighted by atomic mass is 32.2. The van der Waals surface area contributed by atoms with Crippen molar-refractivity contribution in [3.8, 4) is 0 Å². The molecule has 25 heavy (non-hydrogen) atoms. The SMILES string of the molecule is C=CC(=O)NCC1CN(C(=O)C2Cc3cc(C)ccc3S2)CCCO1. The molecule has 0 bridgehead atoms. The van der Waals surface area contributed by atoms with Gasteiger partial charge in [-0.25, -0.2) is 0 Å². The summed E-state index contributed by atoms with van der Waals surface area (Å²) >= 11 is 1.66. The van der Waals surface area contributed by atoms with Gasteiger partial charge in [-0.2, -0.15) is 0 Å². The minimum absolute atomic E-state index is 0.0571. The molecule has 2 unspecified atom stereocenters. The van der Waals surface area contributed by atoms with Gasteiger partial charge in [0, 0.05) is 31.1 Å². The lowest BCUT2D eigenvalue weighted by atomic mass is 10.1. The van der Waals surface area contributed by atoms with E-state index in [4.69, 9.17) is 4.74 Å². The van der Waals surface area contributed by atoms with Crippen molar-refractivity contribution in [1.29, 1.82) is 0 Å². The van der Waals surface area contributed by atoms with E-state index in [9.17, 15) is 9.59 Å². The van der Waals surface area contributed by atoms with Crippen LogP contribution in [-0.4, -0.2) is 54.3 Å². The van der Waals surface area contributed by atoms with Crippen LogP contribution in [0.15, 0.2) is 35.7 Å². The van der Waals surface area contributed by atoms with E-state index < -0.39 is 0 Å². The first-order valence-electron chi connectivity index (χ1n) is 8.63. The van der Waals surface area contributed by atoms with E-state index in [1.54, 1.807) is 11.8 Å². The quantitative estimate of drug-likeness (QED) is 0.834. The van der Waals surface area contributed by atoms with Crippen LogP contribution in [0.2, 0.25) is 0 Å². The molecule has 1 aromatic carbocycles. The minimum Gasteiger partial charge on any atom is -0.374 e. The Kier molecular flexibility index (Phi) is 5.81. The van der Waals surface area contributed by atoms with Gasteiger partial charge in [-0.3, -0.25) is 9.59 Å². The number of carbonyl (C=O) groups is 2. The van der Waals surface area contributed by atoms with Crippen molar-refractivity contribution >= 4 is 23.6 Å². The standard InChI is InChI=1S/C19H24N2O3S/c1-3-18(22)20-11-15-12-21(7-4-8-24-15)19(23)17-10-14-9-13(2)5-6-16(14)25-17/h3,5-6,9,15,17H,1,4,7-8,10-12H2,2H3,(H,20,22). The highest BCUT2D eigenvalue weighted by Gasteiger charge is 2.33. The van der Waals surface area contributed by atoms with E-state index in [-0.39, 0.29) is 23.2 Å². The van der Waals surface area contributed by atoms with Crippen LogP contribution in [0.3, 0.4) is 0 Å². The van der Waals surface area contributed by atoms with Crippen LogP contribution in [0.4, 0.5) is 0 Å². The van der Waals surface area contributed by atoms with Crippen LogP contribution in [0.1, 0.15) is 17.5 Å². The Labute approximate surface area is 152 Å². The summed E-state index contributed by atoms with van der Waals surface area (Å²) in [5.41, 5.74) is 2.50. The van der Waals surface area contributed by atoms with Crippen molar-refractivity contribution in [2.75, 3.05) is 26.2 Å². The maximum Gasteiger partial charge on any atom is 0.243 e. The van der Waals surface area contributed by atoms with E-state index in [0.717, 1.165) is 12.8 Å². The number of carbonyl (C=O) groups excluding carboxylic acids is 2. The molecule has 2 amide bonds. The van der Waals surface area contributed by atoms with Gasteiger partial charge in [0.25, 0.3) is 0 Å². The molecule has 2 heterocycles. The molecular formula is C19H24N2O3S. The molecule has 0 spiro atoms. The van der Waals surface area contributed by atoms with Crippen LogP contribution in [0.25, 0.3) is 0 Å². The lowest BCUT2D eigenvalue weighted by Crippen LogP contribution is -2.44. The van der Waals surface area contributed by atoms with Crippen molar-refractivity contribution in [3.63, 3.8) is 0 Å². The zero-order valence-electron chi connectivity index (χ0n) is 14.5. The van der Waals surface area contributed by atoms with Gasteiger partial charge >= 0.3 is 0 Å². The summed E-state index contributed by atoms with van der Waals surface area (Å²) in [4.78, 5) is 27.5. The van der Waals surface area contributed by atoms with Crippen molar-refractivity contribution in [1.82, 2.24) is 10.2 Å². The Morgan fingerprint density at radius 2 is 2.32 bits per heavy atom. The first-order valence-corrected chi connectivity index (χ1v) is 9.51. The molecule has 5 nitrogen and oxygen atoms in total. The smallest absolute Gasteiger partial charge is 0.243 e. The molecule has 2 aliphatic heterocycles. The Hall–Kier alpha value is -1.79. The molecule has 2 aliphatic rings. The second-order valence-electron chi connectivity index (χ2n) is 6.50. The highest BCUT2D eigenvalue weighted by Crippen LogP contribution is 2.38. The first-order chi connectivity index (χ1) is 12.1. The largest absolute Gasteiger partial charge is 0.374 e. The van der Waals surface area contributed by atoms with E-state index in [1.807, 2.05) is 4.90 Å². The number of hydrogen-bond donors (Lipinski definition) is 1. The van der Waals surface area contributed by atoms with Gasteiger partial charge in [0.05, 0.1) is 11.4 Å². The topological polar surface area (TPSA) is 58.6 Å². The molecule has 0 radical (unpaired) electrons. The van der Waals surface area contributed by atoms with Gasteiger partial charge in [-0.15, -0.1) is 11.8 Å². The number of hydrogen-bond acceptors (Lipinski definition) is 4. The molecule has 0 aromatic heterocycles. The Morgan fingerprint density at radius 1 is 1.48 bits per heavy atom. The second-order valence-corrected chi connectivity index (χ2v) is 7.75. The average Bonchev–Trinajstić information content (AvgIpc) is 2.88. The molecule has 0 saturated carbocycles. The van der Waals surface area contributed by atoms with Gasteiger partial charge in [-0.05, 0) is 37.5 Å². The van der Waals surface area contributed by atoms with Gasteiger partial charge in [-0.1, -0.05) is 24.3 Å². The van der Waals surface area contributed by atoms with Gasteiger partial charge in [0.2, 0.25) is 11.8 Å². The molecule has 0 aliphatic carbocycles. The van der Waals surface area contributed by atoms with Crippen molar-refractivity contribution in [2.45, 2.75) is 36.0 Å². The molecule has 2 atom stereocenters. The Morgan fingerprint density at radius 3 is 3.12 bits per heavy atom. The van der Waals surface area contributed by atoms with Gasteiger partial charge < -0.3 is 15.0 Å². The molecule has 134 valence electrons. The maximum atomic E-state index is 13.0. The van der Waals surface area contributed by atoms with Crippen LogP contribution >= 0.6 is 11.8 Å². The number of ether oxygens (including phenoxy) is 1. The lowest BCUT2D eigenvalue weighted by molar-refractivity contribution is -0.131. The predicted octanol–water partition coefficient (Wildman–Crippen LogP) is 1.93. The van der Waals surface area contributed by atoms with Gasteiger partial charge in [0.15, 0.2) is 0 Å². The monoisotopic (exact) mass is 360 g/mol. The van der Waals surface area contributed by atoms with Crippen molar-refractivity contribution in [3.05, 3.63) is 42.0 Å². The summed E-state index contributed by atoms with van der Waals surface area (Å²) in [5.74, 6) is -0.0488. The van der Waals surface area contributed by atoms with Crippen molar-refractivity contribution < 1.29 is 14.3 Å². The van der Waals surface area contributed by atoms with Gasteiger partial charge in [0.1, 0.15) is 0 Å². The zero-order valence-corrected chi connectivity index (χ0v) is 15.3. The maximum absolute atomic E-state index is 13.0. The van der Waals surface area contributed by atoms with E-state index in [0.29, 0.717) is 26.2 Å². The number of nitrogens with one attached hydrogen (secondary N) is 1. The summed E-state index contributed by atoms with van der Waals surface area (Å²) < 4.78 is 5.77.